The van der Waals surface area contributed by atoms with Crippen molar-refractivity contribution in [2.75, 3.05) is 26.2 Å². The highest BCUT2D eigenvalue weighted by Crippen LogP contribution is 2.16. The highest BCUT2D eigenvalue weighted by Gasteiger charge is 2.21. The first kappa shape index (κ1) is 19.0. The number of piperazine rings is 1. The lowest BCUT2D eigenvalue weighted by Gasteiger charge is -2.33. The lowest BCUT2D eigenvalue weighted by Crippen LogP contribution is -2.47. The molecule has 0 radical (unpaired) electrons. The Balaban J connectivity index is 1.71. The Kier molecular flexibility index (Phi) is 5.51. The molecule has 1 aliphatic rings. The van der Waals surface area contributed by atoms with Gasteiger partial charge < -0.3 is 19.7 Å². The summed E-state index contributed by atoms with van der Waals surface area (Å²) in [5, 5.41) is 19.4. The highest BCUT2D eigenvalue weighted by atomic mass is 16.4. The summed E-state index contributed by atoms with van der Waals surface area (Å²) in [7, 11) is 0. The van der Waals surface area contributed by atoms with Gasteiger partial charge in [0.1, 0.15) is 0 Å². The van der Waals surface area contributed by atoms with Crippen molar-refractivity contribution in [3.05, 3.63) is 63.1 Å². The molecule has 2 N–H and O–H groups in total. The van der Waals surface area contributed by atoms with Crippen LogP contribution in [0.4, 0.5) is 4.79 Å². The standard InChI is InChI=1S/C20H25N3O4/c1-14-3-4-16(11-15(14)2)12-23-6-5-17(18(24)19(23)25)13-21-7-9-22(10-8-21)20(26)27/h3-6,11,24H,7-10,12-13H2,1-2H3,(H,26,27). The van der Waals surface area contributed by atoms with Gasteiger partial charge in [-0.3, -0.25) is 9.69 Å². The summed E-state index contributed by atoms with van der Waals surface area (Å²) in [6.07, 6.45) is 0.798. The van der Waals surface area contributed by atoms with Crippen molar-refractivity contribution >= 4 is 6.09 Å². The normalized spacial score (nSPS) is 15.1. The smallest absolute Gasteiger partial charge is 0.407 e. The van der Waals surface area contributed by atoms with Gasteiger partial charge >= 0.3 is 6.09 Å². The minimum atomic E-state index is -0.911. The molecule has 0 aliphatic carbocycles. The molecule has 1 saturated heterocycles. The molecular formula is C20H25N3O4. The van der Waals surface area contributed by atoms with Crippen LogP contribution in [0.5, 0.6) is 5.75 Å². The van der Waals surface area contributed by atoms with Crippen LogP contribution in [-0.2, 0) is 13.1 Å². The molecular weight excluding hydrogens is 346 g/mol. The molecule has 144 valence electrons. The lowest BCUT2D eigenvalue weighted by molar-refractivity contribution is 0.102. The van der Waals surface area contributed by atoms with E-state index >= 15 is 0 Å². The Morgan fingerprint density at radius 1 is 1.04 bits per heavy atom. The van der Waals surface area contributed by atoms with Gasteiger partial charge in [-0.2, -0.15) is 0 Å². The van der Waals surface area contributed by atoms with Crippen LogP contribution in [0.15, 0.2) is 35.3 Å². The Hall–Kier alpha value is -2.80. The van der Waals surface area contributed by atoms with Crippen LogP contribution >= 0.6 is 0 Å². The molecule has 0 unspecified atom stereocenters. The molecule has 1 aromatic heterocycles. The Labute approximate surface area is 158 Å². The zero-order valence-corrected chi connectivity index (χ0v) is 15.7. The number of carboxylic acid groups (broad SMARTS) is 1. The average Bonchev–Trinajstić information content (AvgIpc) is 2.65. The number of pyridine rings is 1. The number of carbonyl (C=O) groups is 1. The van der Waals surface area contributed by atoms with Crippen molar-refractivity contribution in [2.45, 2.75) is 26.9 Å². The van der Waals surface area contributed by atoms with Crippen molar-refractivity contribution in [1.82, 2.24) is 14.4 Å². The highest BCUT2D eigenvalue weighted by molar-refractivity contribution is 5.65. The van der Waals surface area contributed by atoms with E-state index in [0.29, 0.717) is 44.8 Å². The number of aromatic hydroxyl groups is 1. The second-order valence-corrected chi connectivity index (χ2v) is 7.09. The van der Waals surface area contributed by atoms with E-state index in [1.54, 1.807) is 12.3 Å². The topological polar surface area (TPSA) is 86.0 Å². The third kappa shape index (κ3) is 4.31. The van der Waals surface area contributed by atoms with Crippen molar-refractivity contribution in [3.8, 4) is 5.75 Å². The van der Waals surface area contributed by atoms with E-state index in [1.165, 1.54) is 20.6 Å². The van der Waals surface area contributed by atoms with Crippen LogP contribution in [0.25, 0.3) is 0 Å². The summed E-state index contributed by atoms with van der Waals surface area (Å²) in [6.45, 7) is 6.94. The molecule has 2 heterocycles. The van der Waals surface area contributed by atoms with E-state index in [9.17, 15) is 14.7 Å². The molecule has 7 heteroatoms. The van der Waals surface area contributed by atoms with Gasteiger partial charge in [0.15, 0.2) is 5.75 Å². The fourth-order valence-corrected chi connectivity index (χ4v) is 3.29. The predicted octanol–water partition coefficient (Wildman–Crippen LogP) is 2.01. The first-order chi connectivity index (χ1) is 12.8. The number of benzene rings is 1. The van der Waals surface area contributed by atoms with Gasteiger partial charge in [-0.15, -0.1) is 0 Å². The summed E-state index contributed by atoms with van der Waals surface area (Å²) in [5.74, 6) is -0.234. The van der Waals surface area contributed by atoms with Gasteiger partial charge in [-0.05, 0) is 36.6 Å². The molecule has 1 aromatic carbocycles. The second kappa shape index (κ2) is 7.84. The van der Waals surface area contributed by atoms with Crippen molar-refractivity contribution in [1.29, 1.82) is 0 Å². The molecule has 1 amide bonds. The number of rotatable bonds is 4. The first-order valence-electron chi connectivity index (χ1n) is 9.03. The maximum absolute atomic E-state index is 12.5. The minimum Gasteiger partial charge on any atom is -0.503 e. The molecule has 0 saturated carbocycles. The molecule has 0 bridgehead atoms. The van der Waals surface area contributed by atoms with Crippen LogP contribution in [0.2, 0.25) is 0 Å². The van der Waals surface area contributed by atoms with Gasteiger partial charge in [0.2, 0.25) is 0 Å². The monoisotopic (exact) mass is 371 g/mol. The number of amides is 1. The number of nitrogens with zero attached hydrogens (tertiary/aromatic N) is 3. The number of hydrogen-bond acceptors (Lipinski definition) is 4. The number of aromatic nitrogens is 1. The zero-order valence-electron chi connectivity index (χ0n) is 15.7. The summed E-state index contributed by atoms with van der Waals surface area (Å²) >= 11 is 0. The predicted molar refractivity (Wildman–Crippen MR) is 102 cm³/mol. The van der Waals surface area contributed by atoms with E-state index in [1.807, 2.05) is 30.9 Å². The summed E-state index contributed by atoms with van der Waals surface area (Å²) < 4.78 is 1.51. The summed E-state index contributed by atoms with van der Waals surface area (Å²) in [4.78, 5) is 26.9. The molecule has 3 rings (SSSR count). The largest absolute Gasteiger partial charge is 0.503 e. The van der Waals surface area contributed by atoms with Crippen molar-refractivity contribution in [3.63, 3.8) is 0 Å². The van der Waals surface area contributed by atoms with Crippen molar-refractivity contribution < 1.29 is 15.0 Å². The lowest BCUT2D eigenvalue weighted by atomic mass is 10.1. The van der Waals surface area contributed by atoms with E-state index in [-0.39, 0.29) is 5.75 Å². The van der Waals surface area contributed by atoms with Crippen LogP contribution in [0.1, 0.15) is 22.3 Å². The Bertz CT molecular complexity index is 899. The third-order valence-electron chi connectivity index (χ3n) is 5.18. The summed E-state index contributed by atoms with van der Waals surface area (Å²) in [6, 6.07) is 7.83. The third-order valence-corrected chi connectivity index (χ3v) is 5.18. The molecule has 2 aromatic rings. The van der Waals surface area contributed by atoms with Crippen LogP contribution in [0.3, 0.4) is 0 Å². The SMILES string of the molecule is Cc1ccc(Cn2ccc(CN3CCN(C(=O)O)CC3)c(O)c2=O)cc1C. The second-order valence-electron chi connectivity index (χ2n) is 7.09. The van der Waals surface area contributed by atoms with Crippen LogP contribution < -0.4 is 5.56 Å². The number of hydrogen-bond donors (Lipinski definition) is 2. The first-order valence-corrected chi connectivity index (χ1v) is 9.03. The van der Waals surface area contributed by atoms with Gasteiger partial charge in [0, 0.05) is 44.5 Å². The number of aryl methyl sites for hydroxylation is 2. The van der Waals surface area contributed by atoms with Gasteiger partial charge in [-0.25, -0.2) is 4.79 Å². The van der Waals surface area contributed by atoms with E-state index in [2.05, 4.69) is 6.07 Å². The quantitative estimate of drug-likeness (QED) is 0.859. The summed E-state index contributed by atoms with van der Waals surface area (Å²) in [5.41, 5.74) is 3.54. The Morgan fingerprint density at radius 2 is 1.74 bits per heavy atom. The minimum absolute atomic E-state index is 0.234. The average molecular weight is 371 g/mol. The van der Waals surface area contributed by atoms with E-state index in [0.717, 1.165) is 5.56 Å². The maximum Gasteiger partial charge on any atom is 0.407 e. The van der Waals surface area contributed by atoms with Gasteiger partial charge in [0.25, 0.3) is 5.56 Å². The van der Waals surface area contributed by atoms with Gasteiger partial charge in [-0.1, -0.05) is 18.2 Å². The molecule has 0 spiro atoms. The molecule has 27 heavy (non-hydrogen) atoms. The zero-order chi connectivity index (χ0) is 19.6. The van der Waals surface area contributed by atoms with E-state index < -0.39 is 11.7 Å². The molecule has 0 atom stereocenters. The van der Waals surface area contributed by atoms with E-state index in [4.69, 9.17) is 5.11 Å². The van der Waals surface area contributed by atoms with Crippen molar-refractivity contribution in [2.24, 2.45) is 0 Å². The molecule has 7 nitrogen and oxygen atoms in total. The fourth-order valence-electron chi connectivity index (χ4n) is 3.29. The molecule has 1 aliphatic heterocycles. The maximum atomic E-state index is 12.5. The molecule has 1 fully saturated rings. The van der Waals surface area contributed by atoms with Gasteiger partial charge in [0.05, 0.1) is 6.54 Å². The van der Waals surface area contributed by atoms with Crippen LogP contribution in [-0.4, -0.2) is 56.9 Å². The fraction of sp³-hybridized carbons (Fsp3) is 0.400. The van der Waals surface area contributed by atoms with Crippen LogP contribution in [0, 0.1) is 13.8 Å². The Morgan fingerprint density at radius 3 is 2.37 bits per heavy atom.